The van der Waals surface area contributed by atoms with Gasteiger partial charge in [0.05, 0.1) is 13.2 Å². The van der Waals surface area contributed by atoms with E-state index in [9.17, 15) is 4.79 Å². The van der Waals surface area contributed by atoms with Gasteiger partial charge in [0.15, 0.2) is 0 Å². The highest BCUT2D eigenvalue weighted by Crippen LogP contribution is 2.18. The number of carbonyl (C=O) groups is 1. The Balaban J connectivity index is 1.44. The number of aromatic nitrogens is 2. The summed E-state index contributed by atoms with van der Waals surface area (Å²) in [7, 11) is 0. The lowest BCUT2D eigenvalue weighted by atomic mass is 10.2. The van der Waals surface area contributed by atoms with Gasteiger partial charge in [-0.1, -0.05) is 6.07 Å². The number of urea groups is 1. The van der Waals surface area contributed by atoms with Crippen molar-refractivity contribution < 1.29 is 14.3 Å². The molecule has 1 fully saturated rings. The van der Waals surface area contributed by atoms with E-state index in [1.54, 1.807) is 18.3 Å². The van der Waals surface area contributed by atoms with E-state index in [1.807, 2.05) is 25.3 Å². The summed E-state index contributed by atoms with van der Waals surface area (Å²) in [5.41, 5.74) is 2.71. The lowest BCUT2D eigenvalue weighted by Crippen LogP contribution is -2.30. The first-order chi connectivity index (χ1) is 12.2. The molecule has 0 radical (unpaired) electrons. The van der Waals surface area contributed by atoms with E-state index in [0.717, 1.165) is 24.1 Å². The third-order valence-corrected chi connectivity index (χ3v) is 3.84. The quantitative estimate of drug-likeness (QED) is 0.841. The van der Waals surface area contributed by atoms with Gasteiger partial charge < -0.3 is 20.1 Å². The monoisotopic (exact) mass is 342 g/mol. The predicted octanol–water partition coefficient (Wildman–Crippen LogP) is 2.32. The fourth-order valence-electron chi connectivity index (χ4n) is 2.47. The van der Waals surface area contributed by atoms with Crippen molar-refractivity contribution >= 4 is 11.7 Å². The Morgan fingerprint density at radius 1 is 1.36 bits per heavy atom. The fraction of sp³-hybridized carbons (Fsp3) is 0.389. The number of ether oxygens (including phenoxy) is 2. The number of amides is 2. The smallest absolute Gasteiger partial charge is 0.319 e. The fourth-order valence-corrected chi connectivity index (χ4v) is 2.47. The molecule has 3 heterocycles. The van der Waals surface area contributed by atoms with E-state index in [0.29, 0.717) is 31.3 Å². The van der Waals surface area contributed by atoms with Crippen LogP contribution in [0.1, 0.15) is 17.7 Å². The summed E-state index contributed by atoms with van der Waals surface area (Å²) >= 11 is 0. The van der Waals surface area contributed by atoms with E-state index >= 15 is 0 Å². The second kappa shape index (κ2) is 8.43. The molecular formula is C18H22N4O3. The Labute approximate surface area is 146 Å². The topological polar surface area (TPSA) is 85.4 Å². The molecular weight excluding hydrogens is 320 g/mol. The van der Waals surface area contributed by atoms with Crippen LogP contribution < -0.4 is 15.4 Å². The minimum absolute atomic E-state index is 0.0275. The number of pyridine rings is 2. The molecule has 0 saturated carbocycles. The van der Waals surface area contributed by atoms with Gasteiger partial charge in [-0.2, -0.15) is 0 Å². The molecule has 0 spiro atoms. The second-order valence-electron chi connectivity index (χ2n) is 5.92. The molecule has 0 bridgehead atoms. The Morgan fingerprint density at radius 2 is 2.28 bits per heavy atom. The van der Waals surface area contributed by atoms with Crippen molar-refractivity contribution in [3.8, 4) is 5.88 Å². The van der Waals surface area contributed by atoms with Crippen LogP contribution in [0, 0.1) is 6.92 Å². The van der Waals surface area contributed by atoms with E-state index in [2.05, 4.69) is 20.6 Å². The molecule has 2 amide bonds. The first-order valence-corrected chi connectivity index (χ1v) is 8.36. The maximum Gasteiger partial charge on any atom is 0.319 e. The number of hydrogen-bond donors (Lipinski definition) is 2. The Morgan fingerprint density at radius 3 is 3.04 bits per heavy atom. The summed E-state index contributed by atoms with van der Waals surface area (Å²) in [6.45, 7) is 3.77. The van der Waals surface area contributed by atoms with Crippen molar-refractivity contribution in [3.05, 3.63) is 47.9 Å². The summed E-state index contributed by atoms with van der Waals surface area (Å²) in [5, 5.41) is 5.61. The van der Waals surface area contributed by atoms with E-state index in [1.165, 1.54) is 0 Å². The number of nitrogens with zero attached hydrogens (tertiary/aromatic N) is 2. The molecule has 3 rings (SSSR count). The zero-order valence-electron chi connectivity index (χ0n) is 14.2. The molecule has 2 aromatic rings. The summed E-state index contributed by atoms with van der Waals surface area (Å²) in [5.74, 6) is 0.485. The largest absolute Gasteiger partial charge is 0.472 e. The van der Waals surface area contributed by atoms with Crippen LogP contribution in [0.4, 0.5) is 10.5 Å². The van der Waals surface area contributed by atoms with E-state index < -0.39 is 0 Å². The highest BCUT2D eigenvalue weighted by atomic mass is 16.5. The molecule has 2 aromatic heterocycles. The van der Waals surface area contributed by atoms with Crippen molar-refractivity contribution in [2.45, 2.75) is 25.9 Å². The van der Waals surface area contributed by atoms with Gasteiger partial charge in [-0.05, 0) is 31.0 Å². The molecule has 7 nitrogen and oxygen atoms in total. The number of aryl methyl sites for hydroxylation is 1. The molecule has 1 aliphatic rings. The van der Waals surface area contributed by atoms with Gasteiger partial charge in [0.2, 0.25) is 5.88 Å². The van der Waals surface area contributed by atoms with Crippen molar-refractivity contribution in [1.29, 1.82) is 0 Å². The van der Waals surface area contributed by atoms with E-state index in [-0.39, 0.29) is 12.1 Å². The highest BCUT2D eigenvalue weighted by molar-refractivity contribution is 5.89. The molecule has 7 heteroatoms. The Bertz CT molecular complexity index is 700. The Kier molecular flexibility index (Phi) is 5.79. The van der Waals surface area contributed by atoms with Crippen molar-refractivity contribution in [2.24, 2.45) is 0 Å². The normalized spacial score (nSPS) is 16.4. The molecule has 132 valence electrons. The predicted molar refractivity (Wildman–Crippen MR) is 93.8 cm³/mol. The van der Waals surface area contributed by atoms with Crippen molar-refractivity contribution in [3.63, 3.8) is 0 Å². The molecule has 0 aromatic carbocycles. The summed E-state index contributed by atoms with van der Waals surface area (Å²) in [6, 6.07) is 7.15. The maximum absolute atomic E-state index is 12.0. The maximum atomic E-state index is 12.0. The zero-order valence-corrected chi connectivity index (χ0v) is 14.2. The number of anilines is 1. The van der Waals surface area contributed by atoms with E-state index in [4.69, 9.17) is 9.47 Å². The molecule has 0 aliphatic carbocycles. The molecule has 1 aliphatic heterocycles. The third-order valence-electron chi connectivity index (χ3n) is 3.84. The van der Waals surface area contributed by atoms with Crippen LogP contribution in [0.25, 0.3) is 0 Å². The molecule has 1 saturated heterocycles. The first kappa shape index (κ1) is 17.2. The highest BCUT2D eigenvalue weighted by Gasteiger charge is 2.17. The van der Waals surface area contributed by atoms with Crippen LogP contribution in [0.3, 0.4) is 0 Å². The van der Waals surface area contributed by atoms with Gasteiger partial charge in [-0.3, -0.25) is 4.98 Å². The van der Waals surface area contributed by atoms with Crippen LogP contribution in [-0.2, 0) is 11.2 Å². The number of nitrogens with one attached hydrogen (secondary N) is 2. The summed E-state index contributed by atoms with van der Waals surface area (Å²) in [4.78, 5) is 20.4. The standard InChI is InChI=1S/C18H22N4O3/c1-13-2-3-14(11-21-13)4-7-20-18(23)22-15-5-8-19-17(10-15)25-16-6-9-24-12-16/h2-3,5,8,10-11,16H,4,6-7,9,12H2,1H3,(H2,19,20,22,23)/t16-/m1/s1. The number of carbonyl (C=O) groups excluding carboxylic acids is 1. The third kappa shape index (κ3) is 5.42. The summed E-state index contributed by atoms with van der Waals surface area (Å²) in [6.07, 6.45) is 5.05. The SMILES string of the molecule is Cc1ccc(CCNC(=O)Nc2ccnc(O[C@@H]3CCOC3)c2)cn1. The summed E-state index contributed by atoms with van der Waals surface area (Å²) < 4.78 is 11.0. The lowest BCUT2D eigenvalue weighted by Gasteiger charge is -2.12. The van der Waals surface area contributed by atoms with Crippen molar-refractivity contribution in [2.75, 3.05) is 25.1 Å². The lowest BCUT2D eigenvalue weighted by molar-refractivity contribution is 0.138. The van der Waals surface area contributed by atoms with Gasteiger partial charge in [0, 0.05) is 42.8 Å². The Hall–Kier alpha value is -2.67. The molecule has 25 heavy (non-hydrogen) atoms. The van der Waals surface area contributed by atoms with Crippen LogP contribution in [0.15, 0.2) is 36.7 Å². The number of rotatable bonds is 6. The van der Waals surface area contributed by atoms with Gasteiger partial charge in [-0.15, -0.1) is 0 Å². The first-order valence-electron chi connectivity index (χ1n) is 8.36. The van der Waals surface area contributed by atoms with Crippen molar-refractivity contribution in [1.82, 2.24) is 15.3 Å². The molecule has 2 N–H and O–H groups in total. The second-order valence-corrected chi connectivity index (χ2v) is 5.92. The molecule has 0 unspecified atom stereocenters. The van der Waals surface area contributed by atoms with Gasteiger partial charge in [0.1, 0.15) is 6.10 Å². The zero-order chi connectivity index (χ0) is 17.5. The average Bonchev–Trinajstić information content (AvgIpc) is 3.10. The number of hydrogen-bond acceptors (Lipinski definition) is 5. The average molecular weight is 342 g/mol. The molecule has 1 atom stereocenters. The van der Waals surface area contributed by atoms with Crippen LogP contribution in [0.2, 0.25) is 0 Å². The van der Waals surface area contributed by atoms with Gasteiger partial charge in [-0.25, -0.2) is 9.78 Å². The minimum Gasteiger partial charge on any atom is -0.472 e. The van der Waals surface area contributed by atoms with Gasteiger partial charge in [0.25, 0.3) is 0 Å². The van der Waals surface area contributed by atoms with Crippen LogP contribution >= 0.6 is 0 Å². The van der Waals surface area contributed by atoms with Gasteiger partial charge >= 0.3 is 6.03 Å². The van der Waals surface area contributed by atoms with Crippen LogP contribution in [-0.4, -0.2) is 41.9 Å². The van der Waals surface area contributed by atoms with Crippen LogP contribution in [0.5, 0.6) is 5.88 Å². The minimum atomic E-state index is -0.263.